The normalized spacial score (nSPS) is 12.2. The van der Waals surface area contributed by atoms with Crippen LogP contribution in [0.5, 0.6) is 0 Å². The van der Waals surface area contributed by atoms with Crippen LogP contribution in [-0.2, 0) is 4.79 Å². The lowest BCUT2D eigenvalue weighted by Crippen LogP contribution is -2.36. The molecule has 1 aromatic rings. The van der Waals surface area contributed by atoms with E-state index in [4.69, 9.17) is 18.0 Å². The molecule has 0 saturated heterocycles. The average Bonchev–Trinajstić information content (AvgIpc) is 2.46. The summed E-state index contributed by atoms with van der Waals surface area (Å²) in [5.74, 6) is 0.603. The second-order valence-electron chi connectivity index (χ2n) is 5.33. The van der Waals surface area contributed by atoms with Crippen molar-refractivity contribution in [3.8, 4) is 0 Å². The fourth-order valence-electron chi connectivity index (χ4n) is 2.00. The molecule has 0 radical (unpaired) electrons. The molecule has 1 atom stereocenters. The summed E-state index contributed by atoms with van der Waals surface area (Å²) in [7, 11) is 0. The van der Waals surface area contributed by atoms with Crippen LogP contribution in [0.4, 0.5) is 5.69 Å². The van der Waals surface area contributed by atoms with Gasteiger partial charge in [0.05, 0.1) is 6.54 Å². The minimum atomic E-state index is 0.00299. The molecular weight excluding hydrogens is 282 g/mol. The highest BCUT2D eigenvalue weighted by Gasteiger charge is 2.12. The number of nitrogens with two attached hydrogens (primary N) is 1. The van der Waals surface area contributed by atoms with Crippen molar-refractivity contribution in [1.29, 1.82) is 0 Å². The van der Waals surface area contributed by atoms with Crippen LogP contribution in [0.15, 0.2) is 24.3 Å². The molecule has 0 fully saturated rings. The van der Waals surface area contributed by atoms with Crippen molar-refractivity contribution in [1.82, 2.24) is 4.90 Å². The van der Waals surface area contributed by atoms with Crippen LogP contribution in [0.25, 0.3) is 0 Å². The van der Waals surface area contributed by atoms with Crippen LogP contribution >= 0.6 is 12.2 Å². The zero-order chi connectivity index (χ0) is 15.8. The number of carbonyl (C=O) groups excluding carboxylic acids is 1. The van der Waals surface area contributed by atoms with E-state index in [0.717, 1.165) is 30.8 Å². The van der Waals surface area contributed by atoms with Crippen LogP contribution in [0.2, 0.25) is 0 Å². The lowest BCUT2D eigenvalue weighted by atomic mass is 10.1. The van der Waals surface area contributed by atoms with E-state index in [2.05, 4.69) is 31.0 Å². The highest BCUT2D eigenvalue weighted by Crippen LogP contribution is 2.10. The molecule has 0 aromatic heterocycles. The van der Waals surface area contributed by atoms with Gasteiger partial charge >= 0.3 is 0 Å². The van der Waals surface area contributed by atoms with Gasteiger partial charge in [-0.15, -0.1) is 0 Å². The monoisotopic (exact) mass is 307 g/mol. The fourth-order valence-corrected chi connectivity index (χ4v) is 2.13. The van der Waals surface area contributed by atoms with E-state index in [1.165, 1.54) is 0 Å². The third kappa shape index (κ3) is 6.23. The van der Waals surface area contributed by atoms with E-state index in [-0.39, 0.29) is 5.91 Å². The lowest BCUT2D eigenvalue weighted by molar-refractivity contribution is -0.117. The molecule has 0 aliphatic rings. The number of amides is 1. The van der Waals surface area contributed by atoms with Gasteiger partial charge in [-0.05, 0) is 36.7 Å². The minimum absolute atomic E-state index is 0.00299. The van der Waals surface area contributed by atoms with Crippen molar-refractivity contribution < 1.29 is 4.79 Å². The topological polar surface area (TPSA) is 58.4 Å². The first kappa shape index (κ1) is 17.6. The van der Waals surface area contributed by atoms with Crippen LogP contribution in [0, 0.1) is 5.92 Å². The summed E-state index contributed by atoms with van der Waals surface area (Å²) in [5.41, 5.74) is 7.11. The van der Waals surface area contributed by atoms with Crippen LogP contribution in [0.3, 0.4) is 0 Å². The minimum Gasteiger partial charge on any atom is -0.389 e. The summed E-state index contributed by atoms with van der Waals surface area (Å²) in [4.78, 5) is 14.6. The van der Waals surface area contributed by atoms with Gasteiger partial charge in [-0.3, -0.25) is 9.69 Å². The lowest BCUT2D eigenvalue weighted by Gasteiger charge is -2.23. The van der Waals surface area contributed by atoms with Crippen molar-refractivity contribution in [2.45, 2.75) is 27.2 Å². The van der Waals surface area contributed by atoms with E-state index in [1.807, 2.05) is 24.3 Å². The third-order valence-corrected chi connectivity index (χ3v) is 3.77. The molecule has 5 heteroatoms. The highest BCUT2D eigenvalue weighted by molar-refractivity contribution is 7.80. The maximum Gasteiger partial charge on any atom is 0.238 e. The van der Waals surface area contributed by atoms with Gasteiger partial charge in [-0.1, -0.05) is 39.4 Å². The number of nitrogens with zero attached hydrogens (tertiary/aromatic N) is 1. The van der Waals surface area contributed by atoms with Crippen molar-refractivity contribution in [3.05, 3.63) is 29.8 Å². The van der Waals surface area contributed by atoms with Gasteiger partial charge in [0.1, 0.15) is 4.99 Å². The largest absolute Gasteiger partial charge is 0.389 e. The van der Waals surface area contributed by atoms with Gasteiger partial charge in [0, 0.05) is 17.8 Å². The van der Waals surface area contributed by atoms with Crippen LogP contribution < -0.4 is 11.1 Å². The molecule has 0 saturated carbocycles. The van der Waals surface area contributed by atoms with E-state index >= 15 is 0 Å². The van der Waals surface area contributed by atoms with Crippen molar-refractivity contribution in [2.24, 2.45) is 11.7 Å². The first-order chi connectivity index (χ1) is 9.96. The quantitative estimate of drug-likeness (QED) is 0.725. The second kappa shape index (κ2) is 8.74. The molecule has 1 amide bonds. The van der Waals surface area contributed by atoms with E-state index in [9.17, 15) is 4.79 Å². The van der Waals surface area contributed by atoms with Crippen LogP contribution in [0.1, 0.15) is 32.8 Å². The first-order valence-corrected chi connectivity index (χ1v) is 7.79. The molecule has 3 N–H and O–H groups in total. The Bertz CT molecular complexity index is 473. The Morgan fingerprint density at radius 3 is 2.43 bits per heavy atom. The molecule has 0 bridgehead atoms. The molecule has 0 spiro atoms. The molecule has 1 aromatic carbocycles. The average molecular weight is 307 g/mol. The Morgan fingerprint density at radius 1 is 1.33 bits per heavy atom. The summed E-state index contributed by atoms with van der Waals surface area (Å²) in [6, 6.07) is 7.26. The molecule has 21 heavy (non-hydrogen) atoms. The van der Waals surface area contributed by atoms with Gasteiger partial charge in [-0.2, -0.15) is 0 Å². The highest BCUT2D eigenvalue weighted by atomic mass is 32.1. The standard InChI is InChI=1S/C16H25N3OS/c1-4-12(3)10-19(5-2)11-15(20)18-14-8-6-13(7-9-14)16(17)21/h6-9,12H,4-5,10-11H2,1-3H3,(H2,17,21)(H,18,20). The second-order valence-corrected chi connectivity index (χ2v) is 5.77. The molecule has 116 valence electrons. The number of thiocarbonyl (C=S) groups is 1. The van der Waals surface area contributed by atoms with Crippen molar-refractivity contribution in [2.75, 3.05) is 25.0 Å². The summed E-state index contributed by atoms with van der Waals surface area (Å²) >= 11 is 4.90. The number of hydrogen-bond donors (Lipinski definition) is 2. The van der Waals surface area contributed by atoms with Gasteiger partial charge in [0.25, 0.3) is 0 Å². The van der Waals surface area contributed by atoms with E-state index in [1.54, 1.807) is 0 Å². The SMILES string of the molecule is CCC(C)CN(CC)CC(=O)Nc1ccc(C(N)=S)cc1. The summed E-state index contributed by atoms with van der Waals surface area (Å²) in [5, 5.41) is 2.90. The molecule has 1 rings (SSSR count). The Hall–Kier alpha value is -1.46. The van der Waals surface area contributed by atoms with Gasteiger partial charge in [-0.25, -0.2) is 0 Å². The first-order valence-electron chi connectivity index (χ1n) is 7.38. The van der Waals surface area contributed by atoms with Gasteiger partial charge < -0.3 is 11.1 Å². The van der Waals surface area contributed by atoms with Gasteiger partial charge in [0.2, 0.25) is 5.91 Å². The van der Waals surface area contributed by atoms with E-state index in [0.29, 0.717) is 17.5 Å². The molecular formula is C16H25N3OS. The Balaban J connectivity index is 2.53. The Kier molecular flexibility index (Phi) is 7.32. The Labute approximate surface area is 132 Å². The van der Waals surface area contributed by atoms with E-state index < -0.39 is 0 Å². The summed E-state index contributed by atoms with van der Waals surface area (Å²) < 4.78 is 0. The predicted octanol–water partition coefficient (Wildman–Crippen LogP) is 2.63. The zero-order valence-electron chi connectivity index (χ0n) is 13.1. The van der Waals surface area contributed by atoms with Crippen LogP contribution in [-0.4, -0.2) is 35.4 Å². The number of carbonyl (C=O) groups is 1. The number of likely N-dealkylation sites (N-methyl/N-ethyl adjacent to an activating group) is 1. The van der Waals surface area contributed by atoms with Crippen molar-refractivity contribution in [3.63, 3.8) is 0 Å². The summed E-state index contributed by atoms with van der Waals surface area (Å²) in [6.07, 6.45) is 1.12. The summed E-state index contributed by atoms with van der Waals surface area (Å²) in [6.45, 7) is 8.68. The zero-order valence-corrected chi connectivity index (χ0v) is 13.9. The predicted molar refractivity (Wildman–Crippen MR) is 92.5 cm³/mol. The molecule has 0 aliphatic heterocycles. The number of nitrogens with one attached hydrogen (secondary N) is 1. The Morgan fingerprint density at radius 2 is 1.95 bits per heavy atom. The molecule has 0 heterocycles. The smallest absolute Gasteiger partial charge is 0.238 e. The third-order valence-electron chi connectivity index (χ3n) is 3.53. The maximum absolute atomic E-state index is 12.1. The molecule has 0 aliphatic carbocycles. The number of anilines is 1. The van der Waals surface area contributed by atoms with Crippen molar-refractivity contribution >= 4 is 28.8 Å². The molecule has 1 unspecified atom stereocenters. The van der Waals surface area contributed by atoms with Gasteiger partial charge in [0.15, 0.2) is 0 Å². The number of rotatable bonds is 8. The molecule has 4 nitrogen and oxygen atoms in total. The maximum atomic E-state index is 12.1. The fraction of sp³-hybridized carbons (Fsp3) is 0.500. The number of benzene rings is 1. The number of hydrogen-bond acceptors (Lipinski definition) is 3.